The third kappa shape index (κ3) is 6.73. The van der Waals surface area contributed by atoms with Gasteiger partial charge in [0.2, 0.25) is 0 Å². The first-order chi connectivity index (χ1) is 10.3. The molecule has 0 aliphatic heterocycles. The van der Waals surface area contributed by atoms with Crippen LogP contribution in [0.1, 0.15) is 38.7 Å². The molecule has 0 bridgehead atoms. The van der Waals surface area contributed by atoms with Gasteiger partial charge in [-0.25, -0.2) is 0 Å². The monoisotopic (exact) mass is 326 g/mol. The minimum Gasteiger partial charge on any atom is -0.391 e. The molecule has 0 saturated carbocycles. The van der Waals surface area contributed by atoms with E-state index in [1.165, 1.54) is 12.1 Å². The number of hydrogen-bond donors (Lipinski definition) is 1. The maximum atomic E-state index is 12.0. The lowest BCUT2D eigenvalue weighted by molar-refractivity contribution is 0.0999. The third-order valence-electron chi connectivity index (χ3n) is 3.44. The smallest absolute Gasteiger partial charge is 0.297 e. The standard InChI is InChI=1S/C17H26O4S/c1-4-6-14(2)7-5-8-16(18)13-21-22(19,20)17-11-9-15(3)10-12-17/h4,6,9-12,14,16,18H,5,7-8,13H2,1-3H3/b6-4-/t14-,16-/m1/s1. The molecule has 0 amide bonds. The van der Waals surface area contributed by atoms with Crippen LogP contribution < -0.4 is 0 Å². The summed E-state index contributed by atoms with van der Waals surface area (Å²) in [6.45, 7) is 5.78. The minimum atomic E-state index is -3.79. The number of aryl methyl sites for hydroxylation is 1. The van der Waals surface area contributed by atoms with Crippen LogP contribution in [0.15, 0.2) is 41.3 Å². The van der Waals surface area contributed by atoms with Gasteiger partial charge in [0.15, 0.2) is 0 Å². The molecule has 1 aromatic rings. The quantitative estimate of drug-likeness (QED) is 0.558. The SMILES string of the molecule is C/C=C\[C@@H](C)CCC[C@@H](O)COS(=O)(=O)c1ccc(C)cc1. The maximum absolute atomic E-state index is 12.0. The Hall–Kier alpha value is -1.17. The van der Waals surface area contributed by atoms with Crippen LogP contribution in [-0.4, -0.2) is 26.2 Å². The van der Waals surface area contributed by atoms with Crippen molar-refractivity contribution in [3.05, 3.63) is 42.0 Å². The van der Waals surface area contributed by atoms with E-state index >= 15 is 0 Å². The van der Waals surface area contributed by atoms with Crippen LogP contribution in [0, 0.1) is 12.8 Å². The number of rotatable bonds is 9. The summed E-state index contributed by atoms with van der Waals surface area (Å²) in [5, 5.41) is 9.84. The van der Waals surface area contributed by atoms with Gasteiger partial charge in [-0.3, -0.25) is 4.18 Å². The molecule has 22 heavy (non-hydrogen) atoms. The second-order valence-corrected chi connectivity index (χ2v) is 7.25. The number of aliphatic hydroxyl groups is 1. The molecular weight excluding hydrogens is 300 g/mol. The second-order valence-electron chi connectivity index (χ2n) is 5.64. The summed E-state index contributed by atoms with van der Waals surface area (Å²) < 4.78 is 28.9. The van der Waals surface area contributed by atoms with E-state index in [1.54, 1.807) is 12.1 Å². The first kappa shape index (κ1) is 18.9. The zero-order chi connectivity index (χ0) is 16.6. The molecule has 1 N–H and O–H groups in total. The molecule has 4 nitrogen and oxygen atoms in total. The van der Waals surface area contributed by atoms with Gasteiger partial charge in [-0.2, -0.15) is 8.42 Å². The van der Waals surface area contributed by atoms with Gasteiger partial charge in [-0.05, 0) is 44.7 Å². The van der Waals surface area contributed by atoms with Crippen LogP contribution in [-0.2, 0) is 14.3 Å². The average Bonchev–Trinajstić information content (AvgIpc) is 2.46. The molecule has 2 atom stereocenters. The Morgan fingerprint density at radius 2 is 1.86 bits per heavy atom. The highest BCUT2D eigenvalue weighted by Gasteiger charge is 2.17. The Morgan fingerprint density at radius 1 is 1.23 bits per heavy atom. The summed E-state index contributed by atoms with van der Waals surface area (Å²) in [5.41, 5.74) is 0.981. The molecule has 0 unspecified atom stereocenters. The van der Waals surface area contributed by atoms with Crippen LogP contribution in [0.5, 0.6) is 0 Å². The van der Waals surface area contributed by atoms with E-state index in [0.29, 0.717) is 12.3 Å². The maximum Gasteiger partial charge on any atom is 0.297 e. The van der Waals surface area contributed by atoms with Crippen molar-refractivity contribution < 1.29 is 17.7 Å². The minimum absolute atomic E-state index is 0.118. The fourth-order valence-corrected chi connectivity index (χ4v) is 3.07. The molecule has 0 radical (unpaired) electrons. The lowest BCUT2D eigenvalue weighted by atomic mass is 10.0. The lowest BCUT2D eigenvalue weighted by Gasteiger charge is -2.12. The predicted octanol–water partition coefficient (Wildman–Crippen LogP) is 3.44. The molecule has 124 valence electrons. The van der Waals surface area contributed by atoms with E-state index in [4.69, 9.17) is 4.18 Å². The van der Waals surface area contributed by atoms with E-state index < -0.39 is 16.2 Å². The predicted molar refractivity (Wildman–Crippen MR) is 88.2 cm³/mol. The molecule has 1 aromatic carbocycles. The normalized spacial score (nSPS) is 15.1. The van der Waals surface area contributed by atoms with E-state index in [9.17, 15) is 13.5 Å². The molecule has 1 rings (SSSR count). The second kappa shape index (κ2) is 9.08. The molecule has 0 saturated heterocycles. The molecule has 5 heteroatoms. The number of benzene rings is 1. The summed E-state index contributed by atoms with van der Waals surface area (Å²) in [5.74, 6) is 0.467. The van der Waals surface area contributed by atoms with E-state index in [0.717, 1.165) is 18.4 Å². The van der Waals surface area contributed by atoms with E-state index in [1.807, 2.05) is 19.9 Å². The number of allylic oxidation sites excluding steroid dienone is 2. The summed E-state index contributed by atoms with van der Waals surface area (Å²) in [4.78, 5) is 0.118. The Kier molecular flexibility index (Phi) is 7.79. The molecule has 0 heterocycles. The van der Waals surface area contributed by atoms with Crippen molar-refractivity contribution in [2.75, 3.05) is 6.61 Å². The molecule has 0 aliphatic carbocycles. The largest absolute Gasteiger partial charge is 0.391 e. The summed E-state index contributed by atoms with van der Waals surface area (Å²) in [7, 11) is -3.79. The fraction of sp³-hybridized carbons (Fsp3) is 0.529. The van der Waals surface area contributed by atoms with Crippen molar-refractivity contribution in [3.63, 3.8) is 0 Å². The highest BCUT2D eigenvalue weighted by molar-refractivity contribution is 7.86. The van der Waals surface area contributed by atoms with Gasteiger partial charge in [-0.1, -0.05) is 43.2 Å². The topological polar surface area (TPSA) is 63.6 Å². The first-order valence-corrected chi connectivity index (χ1v) is 9.03. The van der Waals surface area contributed by atoms with Crippen LogP contribution in [0.4, 0.5) is 0 Å². The van der Waals surface area contributed by atoms with Crippen molar-refractivity contribution in [1.29, 1.82) is 0 Å². The van der Waals surface area contributed by atoms with Gasteiger partial charge in [0.1, 0.15) is 0 Å². The van der Waals surface area contributed by atoms with Gasteiger partial charge in [0, 0.05) is 0 Å². The summed E-state index contributed by atoms with van der Waals surface area (Å²) in [6, 6.07) is 6.45. The van der Waals surface area contributed by atoms with Gasteiger partial charge >= 0.3 is 0 Å². The fourth-order valence-electron chi connectivity index (χ4n) is 2.12. The number of hydrogen-bond acceptors (Lipinski definition) is 4. The van der Waals surface area contributed by atoms with Crippen molar-refractivity contribution >= 4 is 10.1 Å². The highest BCUT2D eigenvalue weighted by atomic mass is 32.2. The zero-order valence-corrected chi connectivity index (χ0v) is 14.3. The summed E-state index contributed by atoms with van der Waals surface area (Å²) in [6.07, 6.45) is 5.69. The molecular formula is C17H26O4S. The van der Waals surface area contributed by atoms with Gasteiger partial charge in [-0.15, -0.1) is 0 Å². The van der Waals surface area contributed by atoms with Crippen molar-refractivity contribution in [1.82, 2.24) is 0 Å². The van der Waals surface area contributed by atoms with Crippen molar-refractivity contribution in [2.45, 2.75) is 51.0 Å². The van der Waals surface area contributed by atoms with E-state index in [-0.39, 0.29) is 11.5 Å². The first-order valence-electron chi connectivity index (χ1n) is 7.62. The number of aliphatic hydroxyl groups excluding tert-OH is 1. The van der Waals surface area contributed by atoms with Crippen LogP contribution in [0.2, 0.25) is 0 Å². The van der Waals surface area contributed by atoms with Gasteiger partial charge in [0.05, 0.1) is 17.6 Å². The third-order valence-corrected chi connectivity index (χ3v) is 4.74. The Balaban J connectivity index is 2.39. The zero-order valence-electron chi connectivity index (χ0n) is 13.5. The summed E-state index contributed by atoms with van der Waals surface area (Å²) >= 11 is 0. The Bertz CT molecular complexity index is 561. The molecule has 0 aliphatic rings. The Morgan fingerprint density at radius 3 is 2.45 bits per heavy atom. The lowest BCUT2D eigenvalue weighted by Crippen LogP contribution is -2.19. The van der Waals surface area contributed by atoms with Crippen molar-refractivity contribution in [3.8, 4) is 0 Å². The van der Waals surface area contributed by atoms with Crippen LogP contribution >= 0.6 is 0 Å². The molecule has 0 aromatic heterocycles. The molecule has 0 fully saturated rings. The van der Waals surface area contributed by atoms with Gasteiger partial charge in [0.25, 0.3) is 10.1 Å². The Labute approximate surface area is 133 Å². The highest BCUT2D eigenvalue weighted by Crippen LogP contribution is 2.15. The van der Waals surface area contributed by atoms with Crippen LogP contribution in [0.25, 0.3) is 0 Å². The van der Waals surface area contributed by atoms with E-state index in [2.05, 4.69) is 13.0 Å². The average molecular weight is 326 g/mol. The van der Waals surface area contributed by atoms with Gasteiger partial charge < -0.3 is 5.11 Å². The molecule has 0 spiro atoms. The van der Waals surface area contributed by atoms with Crippen LogP contribution in [0.3, 0.4) is 0 Å². The van der Waals surface area contributed by atoms with Crippen molar-refractivity contribution in [2.24, 2.45) is 5.92 Å².